The highest BCUT2D eigenvalue weighted by Gasteiger charge is 2.53. The van der Waals surface area contributed by atoms with Crippen LogP contribution in [0, 0.1) is 0 Å². The molecule has 6 aromatic carbocycles. The highest BCUT2D eigenvalue weighted by atomic mass is 16.4. The highest BCUT2D eigenvalue weighted by Crippen LogP contribution is 2.46. The third-order valence-electron chi connectivity index (χ3n) is 9.96. The molecule has 0 heterocycles. The van der Waals surface area contributed by atoms with Gasteiger partial charge in [-0.1, -0.05) is 182 Å². The molecular formula is C44H42O6. The Kier molecular flexibility index (Phi) is 10.7. The molecule has 50 heavy (non-hydrogen) atoms. The van der Waals surface area contributed by atoms with Gasteiger partial charge in [0, 0.05) is 0 Å². The summed E-state index contributed by atoms with van der Waals surface area (Å²) < 4.78 is 0. The lowest BCUT2D eigenvalue weighted by Crippen LogP contribution is -2.60. The Hall–Kier alpha value is -4.92. The van der Waals surface area contributed by atoms with E-state index in [2.05, 4.69) is 0 Å². The molecule has 6 rings (SSSR count). The number of hydrogen-bond donors (Lipinski definition) is 6. The zero-order valence-electron chi connectivity index (χ0n) is 27.5. The van der Waals surface area contributed by atoms with E-state index < -0.39 is 47.5 Å². The predicted molar refractivity (Wildman–Crippen MR) is 194 cm³/mol. The van der Waals surface area contributed by atoms with Gasteiger partial charge in [-0.3, -0.25) is 0 Å². The van der Waals surface area contributed by atoms with Gasteiger partial charge in [0.15, 0.2) is 0 Å². The monoisotopic (exact) mass is 666 g/mol. The second-order valence-electron chi connectivity index (χ2n) is 12.7. The summed E-state index contributed by atoms with van der Waals surface area (Å²) in [6.07, 6.45) is -11.6. The Balaban J connectivity index is 1.44. The Morgan fingerprint density at radius 1 is 0.240 bits per heavy atom. The lowest BCUT2D eigenvalue weighted by molar-refractivity contribution is -0.163. The average molecular weight is 667 g/mol. The average Bonchev–Trinajstić information content (AvgIpc) is 3.19. The number of aliphatic hydroxyl groups is 6. The summed E-state index contributed by atoms with van der Waals surface area (Å²) in [5, 5.41) is 72.0. The van der Waals surface area contributed by atoms with Gasteiger partial charge >= 0.3 is 0 Å². The molecule has 0 aliphatic heterocycles. The standard InChI is InChI=1S/C44H42O6/c45-37(39(47)41(49)43(31-19-7-1-8-20-31,32-21-9-2-10-22-32)33-23-11-3-12-24-33)38(46)40(48)42(50)44(34-25-13-4-14-26-34,35-27-15-5-16-28-35)36-29-17-6-18-30-36/h1-30,37-42,45-50H/t37-,38-,39-,40-,41?,42?/m0/s1. The van der Waals surface area contributed by atoms with Crippen molar-refractivity contribution in [3.05, 3.63) is 215 Å². The molecule has 6 heteroatoms. The van der Waals surface area contributed by atoms with E-state index >= 15 is 0 Å². The van der Waals surface area contributed by atoms with E-state index in [0.29, 0.717) is 33.4 Å². The van der Waals surface area contributed by atoms with Gasteiger partial charge < -0.3 is 30.6 Å². The van der Waals surface area contributed by atoms with E-state index in [-0.39, 0.29) is 0 Å². The molecule has 0 saturated heterocycles. The van der Waals surface area contributed by atoms with E-state index in [1.54, 1.807) is 0 Å². The first-order chi connectivity index (χ1) is 24.3. The van der Waals surface area contributed by atoms with Crippen LogP contribution in [0.1, 0.15) is 33.4 Å². The van der Waals surface area contributed by atoms with E-state index in [4.69, 9.17) is 0 Å². The third-order valence-corrected chi connectivity index (χ3v) is 9.96. The van der Waals surface area contributed by atoms with E-state index in [0.717, 1.165) is 0 Å². The van der Waals surface area contributed by atoms with Crippen molar-refractivity contribution in [1.29, 1.82) is 0 Å². The van der Waals surface area contributed by atoms with Crippen LogP contribution in [0.2, 0.25) is 0 Å². The summed E-state index contributed by atoms with van der Waals surface area (Å²) in [5.74, 6) is 0. The van der Waals surface area contributed by atoms with Crippen molar-refractivity contribution < 1.29 is 30.6 Å². The number of benzene rings is 6. The molecule has 0 radical (unpaired) electrons. The van der Waals surface area contributed by atoms with Crippen LogP contribution in [0.3, 0.4) is 0 Å². The molecule has 0 bridgehead atoms. The van der Waals surface area contributed by atoms with Crippen molar-refractivity contribution in [2.45, 2.75) is 47.5 Å². The van der Waals surface area contributed by atoms with Gasteiger partial charge in [0.25, 0.3) is 0 Å². The molecule has 0 saturated carbocycles. The fourth-order valence-corrected chi connectivity index (χ4v) is 7.52. The Morgan fingerprint density at radius 2 is 0.400 bits per heavy atom. The van der Waals surface area contributed by atoms with Crippen LogP contribution in [0.15, 0.2) is 182 Å². The molecule has 6 aromatic rings. The Labute approximate surface area is 292 Å². The summed E-state index contributed by atoms with van der Waals surface area (Å²) in [4.78, 5) is 0. The molecule has 2 unspecified atom stereocenters. The van der Waals surface area contributed by atoms with Crippen LogP contribution in [0.5, 0.6) is 0 Å². The molecule has 6 atom stereocenters. The minimum Gasteiger partial charge on any atom is -0.389 e. The van der Waals surface area contributed by atoms with Gasteiger partial charge in [-0.05, 0) is 33.4 Å². The molecule has 0 aliphatic rings. The zero-order chi connectivity index (χ0) is 35.1. The van der Waals surface area contributed by atoms with Crippen LogP contribution < -0.4 is 0 Å². The van der Waals surface area contributed by atoms with Crippen molar-refractivity contribution in [3.8, 4) is 0 Å². The molecule has 6 N–H and O–H groups in total. The SMILES string of the molecule is OC([C@@H](O)[C@@H](O)[C@H](O)[C@H](O)C(O)C(c1ccccc1)(c1ccccc1)c1ccccc1)C(c1ccccc1)(c1ccccc1)c1ccccc1. The minimum atomic E-state index is -2.09. The predicted octanol–water partition coefficient (Wildman–Crippen LogP) is 5.22. The lowest BCUT2D eigenvalue weighted by Gasteiger charge is -2.45. The van der Waals surface area contributed by atoms with Gasteiger partial charge in [0.1, 0.15) is 36.6 Å². The molecule has 254 valence electrons. The maximum Gasteiger partial charge on any atom is 0.111 e. The first-order valence-electron chi connectivity index (χ1n) is 16.8. The molecule has 6 nitrogen and oxygen atoms in total. The Morgan fingerprint density at radius 3 is 0.560 bits per heavy atom. The largest absolute Gasteiger partial charge is 0.389 e. The summed E-state index contributed by atoms with van der Waals surface area (Å²) in [6.45, 7) is 0. The normalized spacial score (nSPS) is 15.7. The van der Waals surface area contributed by atoms with Crippen LogP contribution in [0.4, 0.5) is 0 Å². The summed E-state index contributed by atoms with van der Waals surface area (Å²) in [7, 11) is 0. The molecule has 0 amide bonds. The zero-order valence-corrected chi connectivity index (χ0v) is 27.5. The van der Waals surface area contributed by atoms with Gasteiger partial charge in [-0.25, -0.2) is 0 Å². The fourth-order valence-electron chi connectivity index (χ4n) is 7.52. The fraction of sp³-hybridized carbons (Fsp3) is 0.182. The summed E-state index contributed by atoms with van der Waals surface area (Å²) in [6, 6.07) is 55.1. The molecule has 0 aliphatic carbocycles. The van der Waals surface area contributed by atoms with Gasteiger partial charge in [-0.2, -0.15) is 0 Å². The maximum atomic E-state index is 12.4. The molecule has 0 spiro atoms. The quantitative estimate of drug-likeness (QED) is 0.0941. The van der Waals surface area contributed by atoms with Gasteiger partial charge in [-0.15, -0.1) is 0 Å². The van der Waals surface area contributed by atoms with Crippen LogP contribution >= 0.6 is 0 Å². The molecule has 0 aromatic heterocycles. The second kappa shape index (κ2) is 15.3. The van der Waals surface area contributed by atoms with Crippen molar-refractivity contribution in [2.24, 2.45) is 0 Å². The number of aliphatic hydroxyl groups excluding tert-OH is 6. The van der Waals surface area contributed by atoms with Crippen LogP contribution in [0.25, 0.3) is 0 Å². The smallest absolute Gasteiger partial charge is 0.111 e. The lowest BCUT2D eigenvalue weighted by atomic mass is 9.62. The number of rotatable bonds is 13. The Bertz CT molecular complexity index is 1550. The topological polar surface area (TPSA) is 121 Å². The van der Waals surface area contributed by atoms with E-state index in [1.807, 2.05) is 182 Å². The van der Waals surface area contributed by atoms with E-state index in [1.165, 1.54) is 0 Å². The first-order valence-corrected chi connectivity index (χ1v) is 16.8. The van der Waals surface area contributed by atoms with Gasteiger partial charge in [0.2, 0.25) is 0 Å². The van der Waals surface area contributed by atoms with Crippen molar-refractivity contribution in [2.75, 3.05) is 0 Å². The van der Waals surface area contributed by atoms with E-state index in [9.17, 15) is 30.6 Å². The number of hydrogen-bond acceptors (Lipinski definition) is 6. The van der Waals surface area contributed by atoms with Crippen molar-refractivity contribution in [1.82, 2.24) is 0 Å². The van der Waals surface area contributed by atoms with Crippen molar-refractivity contribution in [3.63, 3.8) is 0 Å². The first kappa shape index (κ1) is 34.9. The minimum absolute atomic E-state index is 0.641. The summed E-state index contributed by atoms with van der Waals surface area (Å²) in [5.41, 5.74) is 1.03. The summed E-state index contributed by atoms with van der Waals surface area (Å²) >= 11 is 0. The van der Waals surface area contributed by atoms with Crippen molar-refractivity contribution >= 4 is 0 Å². The third kappa shape index (κ3) is 6.18. The van der Waals surface area contributed by atoms with Crippen LogP contribution in [-0.4, -0.2) is 67.3 Å². The highest BCUT2D eigenvalue weighted by molar-refractivity contribution is 5.54. The molecular weight excluding hydrogens is 624 g/mol. The maximum absolute atomic E-state index is 12.4. The van der Waals surface area contributed by atoms with Crippen LogP contribution in [-0.2, 0) is 10.8 Å². The van der Waals surface area contributed by atoms with Gasteiger partial charge in [0.05, 0.1) is 10.8 Å². The molecule has 0 fully saturated rings. The second-order valence-corrected chi connectivity index (χ2v) is 12.7.